The monoisotopic (exact) mass is 1250 g/mol. The molecule has 516 valence electrons. The maximum Gasteiger partial charge on any atom is 0.119 e. The molecule has 3 aromatic carbocycles. The minimum atomic E-state index is 0. The van der Waals surface area contributed by atoms with Crippen LogP contribution in [0.2, 0.25) is 5.02 Å². The second-order valence-corrected chi connectivity index (χ2v) is 27.3. The van der Waals surface area contributed by atoms with Gasteiger partial charge in [0.2, 0.25) is 0 Å². The number of halogens is 1. The Bertz CT molecular complexity index is 1870. The van der Waals surface area contributed by atoms with Crippen molar-refractivity contribution < 1.29 is 19.7 Å². The predicted molar refractivity (Wildman–Crippen MR) is 397 cm³/mol. The quantitative estimate of drug-likeness (QED) is 0.0544. The summed E-state index contributed by atoms with van der Waals surface area (Å²) in [5.41, 5.74) is 7.68. The highest BCUT2D eigenvalue weighted by molar-refractivity contribution is 6.31. The number of aryl methyl sites for hydroxylation is 3. The molecule has 0 spiro atoms. The van der Waals surface area contributed by atoms with Gasteiger partial charge in [-0.3, -0.25) is 4.90 Å². The molecule has 1 aliphatic carbocycles. The van der Waals surface area contributed by atoms with Crippen molar-refractivity contribution in [1.82, 2.24) is 4.90 Å². The van der Waals surface area contributed by atoms with Gasteiger partial charge in [-0.15, -0.1) is 0 Å². The molecule has 5 rings (SSSR count). The Labute approximate surface area is 556 Å². The van der Waals surface area contributed by atoms with Crippen molar-refractivity contribution in [2.24, 2.45) is 17.8 Å². The second kappa shape index (κ2) is 62.1. The number of nitrogens with zero attached hydrogens (tertiary/aromatic N) is 1. The van der Waals surface area contributed by atoms with E-state index in [4.69, 9.17) is 25.8 Å². The Morgan fingerprint density at radius 3 is 1.55 bits per heavy atom. The molecule has 5 nitrogen and oxygen atoms in total. The molecular formula is C82H152ClNO4. The summed E-state index contributed by atoms with van der Waals surface area (Å²) in [6, 6.07) is 23.5. The van der Waals surface area contributed by atoms with E-state index in [1.165, 1.54) is 229 Å². The molecule has 0 amide bonds. The molecule has 1 unspecified atom stereocenters. The fraction of sp³-hybridized carbons (Fsp3) is 0.780. The smallest absolute Gasteiger partial charge is 0.119 e. The highest BCUT2D eigenvalue weighted by atomic mass is 35.5. The number of ether oxygens (including phenoxy) is 3. The molecule has 1 saturated heterocycles. The maximum atomic E-state index is 5.84. The summed E-state index contributed by atoms with van der Waals surface area (Å²) in [6.45, 7) is 49.0. The maximum absolute atomic E-state index is 5.84. The second-order valence-electron chi connectivity index (χ2n) is 26.9. The fourth-order valence-electron chi connectivity index (χ4n) is 11.0. The van der Waals surface area contributed by atoms with Crippen molar-refractivity contribution in [3.8, 4) is 5.75 Å². The lowest BCUT2D eigenvalue weighted by atomic mass is 9.74. The Balaban J connectivity index is -0.000000983. The van der Waals surface area contributed by atoms with E-state index in [-0.39, 0.29) is 16.3 Å². The van der Waals surface area contributed by atoms with E-state index in [0.717, 1.165) is 75.2 Å². The highest BCUT2D eigenvalue weighted by Gasteiger charge is 2.25. The first-order valence-electron chi connectivity index (χ1n) is 37.5. The molecule has 0 radical (unpaired) electrons. The first-order valence-corrected chi connectivity index (χ1v) is 37.8. The lowest BCUT2D eigenvalue weighted by Crippen LogP contribution is -2.35. The summed E-state index contributed by atoms with van der Waals surface area (Å²) < 4.78 is 16.5. The molecule has 6 heteroatoms. The minimum absolute atomic E-state index is 0. The Morgan fingerprint density at radius 1 is 0.545 bits per heavy atom. The zero-order valence-electron chi connectivity index (χ0n) is 62.1. The van der Waals surface area contributed by atoms with Gasteiger partial charge in [0.15, 0.2) is 0 Å². The molecule has 1 aliphatic heterocycles. The van der Waals surface area contributed by atoms with Crippen molar-refractivity contribution in [2.75, 3.05) is 52.7 Å². The zero-order chi connectivity index (χ0) is 65.2. The molecule has 1 atom stereocenters. The van der Waals surface area contributed by atoms with E-state index in [1.807, 2.05) is 30.3 Å². The van der Waals surface area contributed by atoms with Gasteiger partial charge in [-0.25, -0.2) is 0 Å². The summed E-state index contributed by atoms with van der Waals surface area (Å²) in [5, 5.41) is 0.875. The summed E-state index contributed by atoms with van der Waals surface area (Å²) >= 11 is 5.82. The van der Waals surface area contributed by atoms with Crippen LogP contribution in [0.3, 0.4) is 0 Å². The molecule has 2 aliphatic rings. The van der Waals surface area contributed by atoms with Gasteiger partial charge >= 0.3 is 0 Å². The van der Waals surface area contributed by atoms with Gasteiger partial charge in [0.1, 0.15) is 5.75 Å². The van der Waals surface area contributed by atoms with Crippen LogP contribution in [0.4, 0.5) is 0 Å². The Morgan fingerprint density at radius 2 is 1.08 bits per heavy atom. The topological polar surface area (TPSA) is 62.4 Å². The average molecular weight is 1250 g/mol. The van der Waals surface area contributed by atoms with Gasteiger partial charge in [0.25, 0.3) is 0 Å². The van der Waals surface area contributed by atoms with Crippen molar-refractivity contribution in [2.45, 2.75) is 347 Å². The Kier molecular flexibility index (Phi) is 63.3. The van der Waals surface area contributed by atoms with Crippen LogP contribution in [0.15, 0.2) is 66.7 Å². The Hall–Kier alpha value is -2.41. The normalized spacial score (nSPS) is 13.6. The number of unbranched alkanes of at least 4 members (excludes halogenated alkanes) is 13. The number of hydrogen-bond donors (Lipinski definition) is 0. The van der Waals surface area contributed by atoms with Crippen LogP contribution in [0.1, 0.15) is 345 Å². The summed E-state index contributed by atoms with van der Waals surface area (Å²) in [4.78, 5) is 2.39. The molecule has 3 aromatic rings. The molecule has 1 heterocycles. The summed E-state index contributed by atoms with van der Waals surface area (Å²) in [5.74, 6) is 3.81. The van der Waals surface area contributed by atoms with Crippen molar-refractivity contribution in [3.05, 3.63) is 99.6 Å². The molecule has 1 saturated carbocycles. The van der Waals surface area contributed by atoms with Gasteiger partial charge < -0.3 is 19.7 Å². The molecule has 88 heavy (non-hydrogen) atoms. The SMILES string of the molecule is CCC1CCCCC1.CCCCC(CC)CC.CCCCC(CC)COc1cccc(C)c1.CCCCCCCCCCCCOCCCC.CCCCc1ccc(C(C)(C)CC)cc1C(C)(C)CC.CCN1CCOCC1.CCc1ccccc1Cl.O. The van der Waals surface area contributed by atoms with E-state index in [1.54, 1.807) is 11.1 Å². The summed E-state index contributed by atoms with van der Waals surface area (Å²) in [6.07, 6.45) is 44.7. The van der Waals surface area contributed by atoms with Crippen LogP contribution in [-0.2, 0) is 33.1 Å². The van der Waals surface area contributed by atoms with E-state index in [9.17, 15) is 0 Å². The summed E-state index contributed by atoms with van der Waals surface area (Å²) in [7, 11) is 0. The van der Waals surface area contributed by atoms with Gasteiger partial charge in [-0.1, -0.05) is 338 Å². The predicted octanol–water partition coefficient (Wildman–Crippen LogP) is 25.7. The van der Waals surface area contributed by atoms with E-state index < -0.39 is 0 Å². The van der Waals surface area contributed by atoms with Crippen molar-refractivity contribution >= 4 is 11.6 Å². The number of likely N-dealkylation sites (N-methyl/N-ethyl adjacent to an activating group) is 1. The molecule has 0 bridgehead atoms. The van der Waals surface area contributed by atoms with Gasteiger partial charge in [0, 0.05) is 31.3 Å². The number of morpholine rings is 1. The first-order chi connectivity index (χ1) is 42.0. The third-order valence-corrected chi connectivity index (χ3v) is 19.2. The first kappa shape index (κ1) is 89.8. The van der Waals surface area contributed by atoms with Crippen LogP contribution in [0.5, 0.6) is 5.75 Å². The van der Waals surface area contributed by atoms with Crippen LogP contribution in [0.25, 0.3) is 0 Å². The van der Waals surface area contributed by atoms with Gasteiger partial charge in [0.05, 0.1) is 19.8 Å². The standard InChI is InChI=1S/C20H34.C16H34O.C15H24O.C9H20.C8H9Cl.C8H16.C6H13NO.H2O/c1-8-11-12-16-13-14-17(19(4,5)9-2)15-18(16)20(6,7)10-3;1-3-5-7-8-9-10-11-12-13-14-16-17-15-6-4-2;1-4-6-9-14(5-2)12-16-15-10-7-8-13(3)11-15;1-4-7-8-9(5-2)6-3;1-2-7-5-3-4-6-8(7)9;1-2-8-6-4-3-5-7-8;1-2-7-3-5-8-6-4-7;/h13-15H,8-12H2,1-7H3;3-16H2,1-2H3;7-8,10-11,14H,4-6,9,12H2,1-3H3;9H,4-8H2,1-3H3;3-6H,2H2,1H3;8H,2-7H2,1H3;2-6H2,1H3;1H2. The zero-order valence-corrected chi connectivity index (χ0v) is 62.9. The number of benzene rings is 3. The van der Waals surface area contributed by atoms with Crippen LogP contribution < -0.4 is 4.74 Å². The third kappa shape index (κ3) is 48.4. The molecular weight excluding hydrogens is 1100 g/mol. The lowest BCUT2D eigenvalue weighted by Gasteiger charge is -2.31. The van der Waals surface area contributed by atoms with E-state index in [0.29, 0.717) is 5.92 Å². The van der Waals surface area contributed by atoms with Crippen LogP contribution in [0, 0.1) is 24.7 Å². The number of hydrogen-bond acceptors (Lipinski definition) is 4. The van der Waals surface area contributed by atoms with Crippen molar-refractivity contribution in [1.29, 1.82) is 0 Å². The van der Waals surface area contributed by atoms with Crippen molar-refractivity contribution in [3.63, 3.8) is 0 Å². The lowest BCUT2D eigenvalue weighted by molar-refractivity contribution is 0.0405. The third-order valence-electron chi connectivity index (χ3n) is 18.8. The molecule has 2 fully saturated rings. The molecule has 0 aromatic heterocycles. The van der Waals surface area contributed by atoms with Crippen LogP contribution >= 0.6 is 11.6 Å². The largest absolute Gasteiger partial charge is 0.493 e. The number of rotatable bonds is 36. The molecule has 2 N–H and O–H groups in total. The van der Waals surface area contributed by atoms with Crippen LogP contribution in [-0.4, -0.2) is 63.0 Å². The van der Waals surface area contributed by atoms with E-state index in [2.05, 4.69) is 166 Å². The van der Waals surface area contributed by atoms with Gasteiger partial charge in [-0.05, 0) is 139 Å². The average Bonchev–Trinajstić information content (AvgIpc) is 3.68. The minimum Gasteiger partial charge on any atom is -0.493 e. The highest BCUT2D eigenvalue weighted by Crippen LogP contribution is 2.36. The van der Waals surface area contributed by atoms with E-state index >= 15 is 0 Å². The fourth-order valence-corrected chi connectivity index (χ4v) is 11.2. The van der Waals surface area contributed by atoms with Gasteiger partial charge in [-0.2, -0.15) is 0 Å².